The summed E-state index contributed by atoms with van der Waals surface area (Å²) in [7, 11) is 0. The highest BCUT2D eigenvalue weighted by atomic mass is 16.5. The fraction of sp³-hybridized carbons (Fsp3) is 0.714. The van der Waals surface area contributed by atoms with E-state index in [1.165, 1.54) is 50.5 Å². The molecule has 2 aliphatic rings. The average molecular weight is 300 g/mol. The lowest BCUT2D eigenvalue weighted by molar-refractivity contribution is 0.0141. The second-order valence-electron chi connectivity index (χ2n) is 7.64. The molecule has 1 aromatic carbocycles. The highest BCUT2D eigenvalue weighted by Gasteiger charge is 2.36. The van der Waals surface area contributed by atoms with Gasteiger partial charge in [0.25, 0.3) is 0 Å². The second-order valence-corrected chi connectivity index (χ2v) is 7.64. The standard InChI is InChI=1S/C21H32O/c1-2-6-18-13-19-9-10-20(21(14-18)15-19)16-22-12-11-17-7-4-3-5-8-17/h3-5,7-8,18-21H,2,6,9-16H2,1H3. The molecule has 4 atom stereocenters. The first-order valence-electron chi connectivity index (χ1n) is 9.46. The van der Waals surface area contributed by atoms with Gasteiger partial charge in [-0.3, -0.25) is 0 Å². The molecule has 22 heavy (non-hydrogen) atoms. The van der Waals surface area contributed by atoms with Gasteiger partial charge >= 0.3 is 0 Å². The minimum Gasteiger partial charge on any atom is -0.381 e. The van der Waals surface area contributed by atoms with E-state index in [9.17, 15) is 0 Å². The Morgan fingerprint density at radius 2 is 1.91 bits per heavy atom. The number of hydrogen-bond acceptors (Lipinski definition) is 1. The highest BCUT2D eigenvalue weighted by Crippen LogP contribution is 2.46. The summed E-state index contributed by atoms with van der Waals surface area (Å²) < 4.78 is 6.06. The van der Waals surface area contributed by atoms with Crippen LogP contribution in [-0.4, -0.2) is 13.2 Å². The molecule has 4 unspecified atom stereocenters. The fourth-order valence-electron chi connectivity index (χ4n) is 4.86. The number of hydrogen-bond donors (Lipinski definition) is 0. The van der Waals surface area contributed by atoms with Crippen molar-refractivity contribution in [3.8, 4) is 0 Å². The Morgan fingerprint density at radius 3 is 2.73 bits per heavy atom. The van der Waals surface area contributed by atoms with Crippen molar-refractivity contribution in [3.63, 3.8) is 0 Å². The maximum absolute atomic E-state index is 6.06. The Balaban J connectivity index is 1.41. The van der Waals surface area contributed by atoms with Crippen LogP contribution in [0, 0.1) is 23.7 Å². The van der Waals surface area contributed by atoms with Crippen LogP contribution in [0.1, 0.15) is 57.4 Å². The van der Waals surface area contributed by atoms with Crippen molar-refractivity contribution in [1.29, 1.82) is 0 Å². The van der Waals surface area contributed by atoms with Crippen molar-refractivity contribution in [2.24, 2.45) is 23.7 Å². The van der Waals surface area contributed by atoms with E-state index in [2.05, 4.69) is 37.3 Å². The molecular formula is C21H32O. The molecular weight excluding hydrogens is 268 g/mol. The van der Waals surface area contributed by atoms with E-state index in [1.807, 2.05) is 0 Å². The molecule has 1 aromatic rings. The first kappa shape index (κ1) is 16.1. The lowest BCUT2D eigenvalue weighted by atomic mass is 9.63. The molecule has 1 nitrogen and oxygen atoms in total. The maximum atomic E-state index is 6.06. The van der Waals surface area contributed by atoms with Gasteiger partial charge in [0.05, 0.1) is 6.61 Å². The molecule has 2 fully saturated rings. The van der Waals surface area contributed by atoms with Crippen molar-refractivity contribution < 1.29 is 4.74 Å². The molecule has 0 aliphatic heterocycles. The van der Waals surface area contributed by atoms with E-state index >= 15 is 0 Å². The molecule has 3 rings (SSSR count). The zero-order valence-electron chi connectivity index (χ0n) is 14.2. The van der Waals surface area contributed by atoms with E-state index < -0.39 is 0 Å². The first-order chi connectivity index (χ1) is 10.8. The van der Waals surface area contributed by atoms with Gasteiger partial charge in [-0.05, 0) is 61.3 Å². The monoisotopic (exact) mass is 300 g/mol. The molecule has 2 bridgehead atoms. The summed E-state index contributed by atoms with van der Waals surface area (Å²) >= 11 is 0. The summed E-state index contributed by atoms with van der Waals surface area (Å²) in [4.78, 5) is 0. The van der Waals surface area contributed by atoms with Gasteiger partial charge in [0, 0.05) is 6.61 Å². The summed E-state index contributed by atoms with van der Waals surface area (Å²) in [5.41, 5.74) is 1.40. The van der Waals surface area contributed by atoms with E-state index in [4.69, 9.17) is 4.74 Å². The van der Waals surface area contributed by atoms with Crippen molar-refractivity contribution in [2.45, 2.75) is 58.3 Å². The number of rotatable bonds is 7. The van der Waals surface area contributed by atoms with Crippen LogP contribution in [-0.2, 0) is 11.2 Å². The number of benzene rings is 1. The Hall–Kier alpha value is -0.820. The van der Waals surface area contributed by atoms with Gasteiger partial charge in [0.15, 0.2) is 0 Å². The minimum atomic E-state index is 0.840. The molecule has 0 aromatic heterocycles. The van der Waals surface area contributed by atoms with Crippen molar-refractivity contribution in [3.05, 3.63) is 35.9 Å². The molecule has 2 saturated carbocycles. The SMILES string of the molecule is CCCC1CC2CCC(COCCc3ccccc3)C(C1)C2. The van der Waals surface area contributed by atoms with Crippen LogP contribution in [0.15, 0.2) is 30.3 Å². The smallest absolute Gasteiger partial charge is 0.0506 e. The molecule has 2 aliphatic carbocycles. The Morgan fingerprint density at radius 1 is 1.05 bits per heavy atom. The zero-order valence-corrected chi connectivity index (χ0v) is 14.2. The van der Waals surface area contributed by atoms with Crippen LogP contribution in [0.3, 0.4) is 0 Å². The van der Waals surface area contributed by atoms with E-state index in [1.54, 1.807) is 0 Å². The number of fused-ring (bicyclic) bond motifs is 2. The Bertz CT molecular complexity index is 427. The fourth-order valence-corrected chi connectivity index (χ4v) is 4.86. The Labute approximate surface area is 136 Å². The third kappa shape index (κ3) is 4.35. The van der Waals surface area contributed by atoms with Gasteiger partial charge in [-0.1, -0.05) is 56.5 Å². The third-order valence-electron chi connectivity index (χ3n) is 5.96. The lowest BCUT2D eigenvalue weighted by Crippen LogP contribution is -2.35. The molecule has 0 N–H and O–H groups in total. The van der Waals surface area contributed by atoms with E-state index in [0.29, 0.717) is 0 Å². The predicted octanol–water partition coefficient (Wildman–Crippen LogP) is 5.49. The summed E-state index contributed by atoms with van der Waals surface area (Å²) in [6, 6.07) is 10.7. The van der Waals surface area contributed by atoms with Crippen LogP contribution in [0.5, 0.6) is 0 Å². The van der Waals surface area contributed by atoms with Crippen molar-refractivity contribution in [1.82, 2.24) is 0 Å². The van der Waals surface area contributed by atoms with E-state index in [-0.39, 0.29) is 0 Å². The van der Waals surface area contributed by atoms with Gasteiger partial charge in [0.1, 0.15) is 0 Å². The van der Waals surface area contributed by atoms with Crippen LogP contribution < -0.4 is 0 Å². The lowest BCUT2D eigenvalue weighted by Gasteiger charge is -2.43. The topological polar surface area (TPSA) is 9.23 Å². The van der Waals surface area contributed by atoms with Gasteiger partial charge in [-0.2, -0.15) is 0 Å². The summed E-state index contributed by atoms with van der Waals surface area (Å²) in [5, 5.41) is 0. The molecule has 0 amide bonds. The van der Waals surface area contributed by atoms with Crippen LogP contribution in [0.2, 0.25) is 0 Å². The van der Waals surface area contributed by atoms with Gasteiger partial charge in [-0.25, -0.2) is 0 Å². The largest absolute Gasteiger partial charge is 0.381 e. The quantitative estimate of drug-likeness (QED) is 0.605. The third-order valence-corrected chi connectivity index (χ3v) is 5.96. The molecule has 0 spiro atoms. The molecule has 0 radical (unpaired) electrons. The number of ether oxygens (including phenoxy) is 1. The summed E-state index contributed by atoms with van der Waals surface area (Å²) in [6.07, 6.45) is 11.2. The Kier molecular flexibility index (Phi) is 5.95. The van der Waals surface area contributed by atoms with Gasteiger partial charge in [-0.15, -0.1) is 0 Å². The maximum Gasteiger partial charge on any atom is 0.0506 e. The van der Waals surface area contributed by atoms with E-state index in [0.717, 1.165) is 43.3 Å². The van der Waals surface area contributed by atoms with Crippen LogP contribution in [0.4, 0.5) is 0 Å². The molecule has 1 heteroatoms. The summed E-state index contributed by atoms with van der Waals surface area (Å²) in [6.45, 7) is 4.23. The van der Waals surface area contributed by atoms with Gasteiger partial charge < -0.3 is 4.74 Å². The zero-order chi connectivity index (χ0) is 15.2. The minimum absolute atomic E-state index is 0.840. The average Bonchev–Trinajstić information content (AvgIpc) is 2.54. The normalized spacial score (nSPS) is 31.1. The molecule has 122 valence electrons. The molecule has 0 saturated heterocycles. The van der Waals surface area contributed by atoms with Crippen LogP contribution >= 0.6 is 0 Å². The van der Waals surface area contributed by atoms with Crippen molar-refractivity contribution in [2.75, 3.05) is 13.2 Å². The molecule has 0 heterocycles. The van der Waals surface area contributed by atoms with Crippen LogP contribution in [0.25, 0.3) is 0 Å². The first-order valence-corrected chi connectivity index (χ1v) is 9.46. The second kappa shape index (κ2) is 8.15. The summed E-state index contributed by atoms with van der Waals surface area (Å²) in [5.74, 6) is 3.85. The van der Waals surface area contributed by atoms with Crippen molar-refractivity contribution >= 4 is 0 Å². The van der Waals surface area contributed by atoms with Gasteiger partial charge in [0.2, 0.25) is 0 Å². The predicted molar refractivity (Wildman–Crippen MR) is 92.9 cm³/mol. The highest BCUT2D eigenvalue weighted by molar-refractivity contribution is 5.14.